The Morgan fingerprint density at radius 1 is 0.706 bits per heavy atom. The van der Waals surface area contributed by atoms with Gasteiger partial charge in [-0.15, -0.1) is 0 Å². The SMILES string of the molecule is CCCCCCCCCCCCNC(C)CC. The molecule has 0 amide bonds. The van der Waals surface area contributed by atoms with Crippen LogP contribution < -0.4 is 5.32 Å². The lowest BCUT2D eigenvalue weighted by Gasteiger charge is -2.10. The van der Waals surface area contributed by atoms with Gasteiger partial charge in [-0.1, -0.05) is 71.6 Å². The Morgan fingerprint density at radius 3 is 1.65 bits per heavy atom. The molecule has 0 aliphatic rings. The molecule has 0 saturated carbocycles. The van der Waals surface area contributed by atoms with Crippen molar-refractivity contribution in [2.75, 3.05) is 6.54 Å². The fourth-order valence-corrected chi connectivity index (χ4v) is 2.11. The van der Waals surface area contributed by atoms with Gasteiger partial charge in [0.2, 0.25) is 0 Å². The van der Waals surface area contributed by atoms with E-state index >= 15 is 0 Å². The summed E-state index contributed by atoms with van der Waals surface area (Å²) >= 11 is 0. The molecule has 1 unspecified atom stereocenters. The molecule has 0 aliphatic heterocycles. The van der Waals surface area contributed by atoms with Crippen LogP contribution in [0.2, 0.25) is 0 Å². The minimum absolute atomic E-state index is 0.702. The van der Waals surface area contributed by atoms with Gasteiger partial charge >= 0.3 is 0 Å². The number of nitrogens with one attached hydrogen (secondary N) is 1. The molecule has 0 aromatic carbocycles. The minimum Gasteiger partial charge on any atom is -0.314 e. The molecule has 1 nitrogen and oxygen atoms in total. The third kappa shape index (κ3) is 13.9. The molecule has 0 saturated heterocycles. The Kier molecular flexibility index (Phi) is 14.0. The smallest absolute Gasteiger partial charge is 0.00360 e. The second-order valence-corrected chi connectivity index (χ2v) is 5.45. The lowest BCUT2D eigenvalue weighted by molar-refractivity contribution is 0.500. The fourth-order valence-electron chi connectivity index (χ4n) is 2.11. The summed E-state index contributed by atoms with van der Waals surface area (Å²) in [5, 5.41) is 3.56. The summed E-state index contributed by atoms with van der Waals surface area (Å²) in [6.07, 6.45) is 15.6. The highest BCUT2D eigenvalue weighted by Gasteiger charge is 1.96. The molecule has 17 heavy (non-hydrogen) atoms. The predicted molar refractivity (Wildman–Crippen MR) is 79.6 cm³/mol. The van der Waals surface area contributed by atoms with Crippen LogP contribution in [0.15, 0.2) is 0 Å². The van der Waals surface area contributed by atoms with Gasteiger partial charge in [-0.05, 0) is 26.3 Å². The van der Waals surface area contributed by atoms with Crippen LogP contribution in [0.1, 0.15) is 91.4 Å². The Labute approximate surface area is 110 Å². The Bertz CT molecular complexity index is 133. The quantitative estimate of drug-likeness (QED) is 0.432. The summed E-state index contributed by atoms with van der Waals surface area (Å²) in [7, 11) is 0. The third-order valence-electron chi connectivity index (χ3n) is 3.64. The van der Waals surface area contributed by atoms with Crippen molar-refractivity contribution < 1.29 is 0 Å². The standard InChI is InChI=1S/C16H35N/c1-4-6-7-8-9-10-11-12-13-14-15-17-16(3)5-2/h16-17H,4-15H2,1-3H3. The van der Waals surface area contributed by atoms with Gasteiger partial charge in [0.1, 0.15) is 0 Å². The molecule has 1 N–H and O–H groups in total. The number of rotatable bonds is 13. The first-order valence-corrected chi connectivity index (χ1v) is 8.04. The largest absolute Gasteiger partial charge is 0.314 e. The van der Waals surface area contributed by atoms with E-state index in [0.717, 1.165) is 0 Å². The van der Waals surface area contributed by atoms with Crippen molar-refractivity contribution in [1.29, 1.82) is 0 Å². The summed E-state index contributed by atoms with van der Waals surface area (Å²) in [4.78, 5) is 0. The van der Waals surface area contributed by atoms with E-state index in [2.05, 4.69) is 26.1 Å². The van der Waals surface area contributed by atoms with E-state index in [-0.39, 0.29) is 0 Å². The van der Waals surface area contributed by atoms with Crippen LogP contribution in [0.4, 0.5) is 0 Å². The molecule has 0 spiro atoms. The number of hydrogen-bond donors (Lipinski definition) is 1. The molecule has 104 valence electrons. The number of hydrogen-bond acceptors (Lipinski definition) is 1. The first kappa shape index (κ1) is 17.0. The second kappa shape index (κ2) is 14.0. The summed E-state index contributed by atoms with van der Waals surface area (Å²) in [5.41, 5.74) is 0. The van der Waals surface area contributed by atoms with E-state index in [4.69, 9.17) is 0 Å². The zero-order valence-electron chi connectivity index (χ0n) is 12.6. The summed E-state index contributed by atoms with van der Waals surface area (Å²) in [6, 6.07) is 0.702. The van der Waals surface area contributed by atoms with E-state index in [0.29, 0.717) is 6.04 Å². The van der Waals surface area contributed by atoms with Gasteiger partial charge in [0.25, 0.3) is 0 Å². The Hall–Kier alpha value is -0.0400. The molecule has 0 radical (unpaired) electrons. The zero-order chi connectivity index (χ0) is 12.8. The predicted octanol–water partition coefficient (Wildman–Crippen LogP) is 5.30. The molecule has 0 heterocycles. The van der Waals surface area contributed by atoms with Crippen molar-refractivity contribution in [3.63, 3.8) is 0 Å². The van der Waals surface area contributed by atoms with Crippen molar-refractivity contribution in [2.45, 2.75) is 97.4 Å². The van der Waals surface area contributed by atoms with Crippen molar-refractivity contribution in [3.8, 4) is 0 Å². The van der Waals surface area contributed by atoms with Gasteiger partial charge in [-0.2, -0.15) is 0 Å². The molecular weight excluding hydrogens is 206 g/mol. The Balaban J connectivity index is 2.94. The molecule has 0 aromatic heterocycles. The second-order valence-electron chi connectivity index (χ2n) is 5.45. The first-order chi connectivity index (χ1) is 8.31. The van der Waals surface area contributed by atoms with Crippen LogP contribution in [0.3, 0.4) is 0 Å². The van der Waals surface area contributed by atoms with Crippen molar-refractivity contribution in [3.05, 3.63) is 0 Å². The maximum atomic E-state index is 3.56. The lowest BCUT2D eigenvalue weighted by Crippen LogP contribution is -2.25. The molecule has 0 bridgehead atoms. The molecule has 0 aliphatic carbocycles. The molecule has 1 heteroatoms. The molecule has 0 aromatic rings. The van der Waals surface area contributed by atoms with Gasteiger partial charge in [0, 0.05) is 6.04 Å². The van der Waals surface area contributed by atoms with E-state index < -0.39 is 0 Å². The summed E-state index contributed by atoms with van der Waals surface area (Å²) < 4.78 is 0. The maximum absolute atomic E-state index is 3.56. The topological polar surface area (TPSA) is 12.0 Å². The summed E-state index contributed by atoms with van der Waals surface area (Å²) in [5.74, 6) is 0. The van der Waals surface area contributed by atoms with Gasteiger partial charge in [0.15, 0.2) is 0 Å². The van der Waals surface area contributed by atoms with Gasteiger partial charge in [-0.25, -0.2) is 0 Å². The molecule has 0 rings (SSSR count). The van der Waals surface area contributed by atoms with Crippen LogP contribution in [0, 0.1) is 0 Å². The van der Waals surface area contributed by atoms with Crippen LogP contribution >= 0.6 is 0 Å². The molecular formula is C16H35N. The average molecular weight is 241 g/mol. The van der Waals surface area contributed by atoms with Crippen LogP contribution in [0.25, 0.3) is 0 Å². The van der Waals surface area contributed by atoms with E-state index in [1.54, 1.807) is 0 Å². The van der Waals surface area contributed by atoms with Gasteiger partial charge in [-0.3, -0.25) is 0 Å². The van der Waals surface area contributed by atoms with Crippen LogP contribution in [-0.4, -0.2) is 12.6 Å². The van der Waals surface area contributed by atoms with Crippen molar-refractivity contribution >= 4 is 0 Å². The minimum atomic E-state index is 0.702. The van der Waals surface area contributed by atoms with Gasteiger partial charge in [0.05, 0.1) is 0 Å². The molecule has 0 fully saturated rings. The van der Waals surface area contributed by atoms with Crippen LogP contribution in [0.5, 0.6) is 0 Å². The van der Waals surface area contributed by atoms with Gasteiger partial charge < -0.3 is 5.32 Å². The maximum Gasteiger partial charge on any atom is 0.00360 e. The molecule has 1 atom stereocenters. The third-order valence-corrected chi connectivity index (χ3v) is 3.64. The highest BCUT2D eigenvalue weighted by Crippen LogP contribution is 2.10. The first-order valence-electron chi connectivity index (χ1n) is 8.04. The van der Waals surface area contributed by atoms with Crippen molar-refractivity contribution in [2.24, 2.45) is 0 Å². The normalized spacial score (nSPS) is 12.9. The summed E-state index contributed by atoms with van der Waals surface area (Å²) in [6.45, 7) is 8.02. The van der Waals surface area contributed by atoms with Crippen molar-refractivity contribution in [1.82, 2.24) is 5.32 Å². The average Bonchev–Trinajstić information content (AvgIpc) is 2.35. The fraction of sp³-hybridized carbons (Fsp3) is 1.00. The zero-order valence-corrected chi connectivity index (χ0v) is 12.6. The van der Waals surface area contributed by atoms with E-state index in [9.17, 15) is 0 Å². The highest BCUT2D eigenvalue weighted by atomic mass is 14.9. The van der Waals surface area contributed by atoms with Crippen LogP contribution in [-0.2, 0) is 0 Å². The highest BCUT2D eigenvalue weighted by molar-refractivity contribution is 4.57. The lowest BCUT2D eigenvalue weighted by atomic mass is 10.1. The number of unbranched alkanes of at least 4 members (excludes halogenated alkanes) is 9. The monoisotopic (exact) mass is 241 g/mol. The Morgan fingerprint density at radius 2 is 1.18 bits per heavy atom. The van der Waals surface area contributed by atoms with E-state index in [1.807, 2.05) is 0 Å². The van der Waals surface area contributed by atoms with E-state index in [1.165, 1.54) is 77.2 Å².